The summed E-state index contributed by atoms with van der Waals surface area (Å²) >= 11 is 5.87. The third kappa shape index (κ3) is 5.11. The van der Waals surface area contributed by atoms with E-state index in [0.29, 0.717) is 11.6 Å². The van der Waals surface area contributed by atoms with Crippen molar-refractivity contribution >= 4 is 23.3 Å². The van der Waals surface area contributed by atoms with Crippen LogP contribution in [0.5, 0.6) is 5.75 Å². The van der Waals surface area contributed by atoms with E-state index >= 15 is 0 Å². The highest BCUT2D eigenvalue weighted by molar-refractivity contribution is 6.30. The molecular weight excluding hydrogens is 338 g/mol. The quantitative estimate of drug-likeness (QED) is 0.905. The molecule has 2 amide bonds. The number of hydrogen-bond donors (Lipinski definition) is 1. The van der Waals surface area contributed by atoms with E-state index in [9.17, 15) is 4.79 Å². The molecule has 132 valence electrons. The number of benzene rings is 2. The van der Waals surface area contributed by atoms with Crippen LogP contribution in [0.1, 0.15) is 5.56 Å². The average molecular weight is 360 g/mol. The van der Waals surface area contributed by atoms with E-state index in [4.69, 9.17) is 16.3 Å². The lowest BCUT2D eigenvalue weighted by molar-refractivity contribution is 0.164. The molecule has 0 atom stereocenters. The van der Waals surface area contributed by atoms with Gasteiger partial charge in [-0.2, -0.15) is 0 Å². The minimum Gasteiger partial charge on any atom is -0.489 e. The smallest absolute Gasteiger partial charge is 0.321 e. The van der Waals surface area contributed by atoms with Gasteiger partial charge in [0, 0.05) is 36.9 Å². The van der Waals surface area contributed by atoms with Crippen LogP contribution in [0, 0.1) is 0 Å². The van der Waals surface area contributed by atoms with Crippen LogP contribution in [0.3, 0.4) is 0 Å². The predicted octanol–water partition coefficient (Wildman–Crippen LogP) is 3.70. The van der Waals surface area contributed by atoms with E-state index in [1.54, 1.807) is 0 Å². The summed E-state index contributed by atoms with van der Waals surface area (Å²) in [6.45, 7) is 3.80. The first kappa shape index (κ1) is 17.6. The van der Waals surface area contributed by atoms with Gasteiger partial charge >= 0.3 is 6.03 Å². The number of carbonyl (C=O) groups is 1. The molecule has 0 unspecified atom stereocenters. The Morgan fingerprint density at radius 1 is 1.04 bits per heavy atom. The molecule has 6 heteroatoms. The second-order valence-corrected chi connectivity index (χ2v) is 6.60. The van der Waals surface area contributed by atoms with Crippen LogP contribution in [0.15, 0.2) is 48.5 Å². The molecule has 25 heavy (non-hydrogen) atoms. The van der Waals surface area contributed by atoms with Gasteiger partial charge in [-0.3, -0.25) is 0 Å². The summed E-state index contributed by atoms with van der Waals surface area (Å²) in [4.78, 5) is 16.3. The first-order chi connectivity index (χ1) is 12.1. The SMILES string of the molecule is CN1CCN(C(=O)Nc2ccc(OCc3ccc(Cl)cc3)cc2)CC1. The molecule has 1 saturated heterocycles. The third-order valence-electron chi connectivity index (χ3n) is 4.21. The number of nitrogens with one attached hydrogen (secondary N) is 1. The molecule has 5 nitrogen and oxygen atoms in total. The maximum atomic E-state index is 12.3. The Balaban J connectivity index is 1.50. The van der Waals surface area contributed by atoms with Crippen LogP contribution in [-0.2, 0) is 6.61 Å². The van der Waals surface area contributed by atoms with Gasteiger partial charge in [0.2, 0.25) is 0 Å². The molecule has 2 aromatic carbocycles. The van der Waals surface area contributed by atoms with Gasteiger partial charge in [-0.25, -0.2) is 4.79 Å². The number of amides is 2. The number of rotatable bonds is 4. The fourth-order valence-electron chi connectivity index (χ4n) is 2.59. The fraction of sp³-hybridized carbons (Fsp3) is 0.316. The number of halogens is 1. The summed E-state index contributed by atoms with van der Waals surface area (Å²) in [5.41, 5.74) is 1.82. The molecule has 0 saturated carbocycles. The van der Waals surface area contributed by atoms with Crippen molar-refractivity contribution in [2.75, 3.05) is 38.5 Å². The minimum atomic E-state index is -0.0528. The minimum absolute atomic E-state index is 0.0528. The molecule has 1 heterocycles. The largest absolute Gasteiger partial charge is 0.489 e. The number of carbonyl (C=O) groups excluding carboxylic acids is 1. The molecule has 2 aromatic rings. The number of nitrogens with zero attached hydrogens (tertiary/aromatic N) is 2. The number of piperazine rings is 1. The standard InChI is InChI=1S/C19H22ClN3O2/c1-22-10-12-23(13-11-22)19(24)21-17-6-8-18(9-7-17)25-14-15-2-4-16(20)5-3-15/h2-9H,10-14H2,1H3,(H,21,24). The van der Waals surface area contributed by atoms with Crippen molar-refractivity contribution in [2.24, 2.45) is 0 Å². The summed E-state index contributed by atoms with van der Waals surface area (Å²) < 4.78 is 5.75. The van der Waals surface area contributed by atoms with Gasteiger partial charge in [0.1, 0.15) is 12.4 Å². The van der Waals surface area contributed by atoms with Crippen LogP contribution in [0.2, 0.25) is 5.02 Å². The first-order valence-electron chi connectivity index (χ1n) is 8.32. The highest BCUT2D eigenvalue weighted by Gasteiger charge is 2.18. The first-order valence-corrected chi connectivity index (χ1v) is 8.70. The number of likely N-dealkylation sites (N-methyl/N-ethyl adjacent to an activating group) is 1. The van der Waals surface area contributed by atoms with E-state index in [0.717, 1.165) is 43.2 Å². The number of ether oxygens (including phenoxy) is 1. The van der Waals surface area contributed by atoms with Gasteiger partial charge in [-0.15, -0.1) is 0 Å². The van der Waals surface area contributed by atoms with Crippen molar-refractivity contribution in [2.45, 2.75) is 6.61 Å². The lowest BCUT2D eigenvalue weighted by Crippen LogP contribution is -2.48. The third-order valence-corrected chi connectivity index (χ3v) is 4.47. The monoisotopic (exact) mass is 359 g/mol. The van der Waals surface area contributed by atoms with Crippen LogP contribution in [-0.4, -0.2) is 49.1 Å². The molecule has 1 aliphatic heterocycles. The topological polar surface area (TPSA) is 44.8 Å². The van der Waals surface area contributed by atoms with Crippen molar-refractivity contribution < 1.29 is 9.53 Å². The zero-order valence-electron chi connectivity index (χ0n) is 14.2. The Bertz CT molecular complexity index is 696. The molecule has 1 aliphatic rings. The van der Waals surface area contributed by atoms with Crippen molar-refractivity contribution in [3.8, 4) is 5.75 Å². The van der Waals surface area contributed by atoms with Gasteiger partial charge < -0.3 is 19.9 Å². The van der Waals surface area contributed by atoms with Crippen LogP contribution < -0.4 is 10.1 Å². The predicted molar refractivity (Wildman–Crippen MR) is 100 cm³/mol. The normalized spacial score (nSPS) is 15.0. The average Bonchev–Trinajstić information content (AvgIpc) is 2.63. The molecular formula is C19H22ClN3O2. The van der Waals surface area contributed by atoms with Gasteiger partial charge in [0.15, 0.2) is 0 Å². The zero-order chi connectivity index (χ0) is 17.6. The van der Waals surface area contributed by atoms with E-state index < -0.39 is 0 Å². The molecule has 1 N–H and O–H groups in total. The van der Waals surface area contributed by atoms with Gasteiger partial charge in [-0.05, 0) is 49.0 Å². The van der Waals surface area contributed by atoms with Gasteiger partial charge in [0.05, 0.1) is 0 Å². The molecule has 1 fully saturated rings. The molecule has 0 bridgehead atoms. The molecule has 3 rings (SSSR count). The second-order valence-electron chi connectivity index (χ2n) is 6.16. The maximum absolute atomic E-state index is 12.3. The van der Waals surface area contributed by atoms with Crippen molar-refractivity contribution in [1.29, 1.82) is 0 Å². The van der Waals surface area contributed by atoms with Crippen LogP contribution >= 0.6 is 11.6 Å². The van der Waals surface area contributed by atoms with Crippen molar-refractivity contribution in [3.63, 3.8) is 0 Å². The van der Waals surface area contributed by atoms with Gasteiger partial charge in [0.25, 0.3) is 0 Å². The summed E-state index contributed by atoms with van der Waals surface area (Å²) in [6, 6.07) is 14.9. The summed E-state index contributed by atoms with van der Waals surface area (Å²) in [5.74, 6) is 0.757. The molecule has 0 aliphatic carbocycles. The zero-order valence-corrected chi connectivity index (χ0v) is 15.0. The summed E-state index contributed by atoms with van der Waals surface area (Å²) in [6.07, 6.45) is 0. The molecule has 0 radical (unpaired) electrons. The van der Waals surface area contributed by atoms with E-state index in [1.807, 2.05) is 53.4 Å². The summed E-state index contributed by atoms with van der Waals surface area (Å²) in [5, 5.41) is 3.64. The molecule has 0 aromatic heterocycles. The summed E-state index contributed by atoms with van der Waals surface area (Å²) in [7, 11) is 2.07. The van der Waals surface area contributed by atoms with Crippen LogP contribution in [0.25, 0.3) is 0 Å². The second kappa shape index (κ2) is 8.23. The van der Waals surface area contributed by atoms with E-state index in [-0.39, 0.29) is 6.03 Å². The van der Waals surface area contributed by atoms with Crippen molar-refractivity contribution in [3.05, 3.63) is 59.1 Å². The van der Waals surface area contributed by atoms with Crippen molar-refractivity contribution in [1.82, 2.24) is 9.80 Å². The highest BCUT2D eigenvalue weighted by Crippen LogP contribution is 2.18. The molecule has 0 spiro atoms. The maximum Gasteiger partial charge on any atom is 0.321 e. The lowest BCUT2D eigenvalue weighted by atomic mass is 10.2. The number of urea groups is 1. The Kier molecular flexibility index (Phi) is 5.79. The van der Waals surface area contributed by atoms with E-state index in [1.165, 1.54) is 0 Å². The van der Waals surface area contributed by atoms with E-state index in [2.05, 4.69) is 17.3 Å². The Morgan fingerprint density at radius 2 is 1.68 bits per heavy atom. The Morgan fingerprint density at radius 3 is 2.32 bits per heavy atom. The van der Waals surface area contributed by atoms with Crippen LogP contribution in [0.4, 0.5) is 10.5 Å². The lowest BCUT2D eigenvalue weighted by Gasteiger charge is -2.32. The number of anilines is 1. The van der Waals surface area contributed by atoms with Gasteiger partial charge in [-0.1, -0.05) is 23.7 Å². The fourth-order valence-corrected chi connectivity index (χ4v) is 2.72. The Labute approximate surface area is 153 Å². The number of hydrogen-bond acceptors (Lipinski definition) is 3. The highest BCUT2D eigenvalue weighted by atomic mass is 35.5. The Hall–Kier alpha value is -2.24.